The van der Waals surface area contributed by atoms with Crippen LogP contribution in [0.5, 0.6) is 0 Å². The molecule has 160 valence electrons. The van der Waals surface area contributed by atoms with Gasteiger partial charge in [0.05, 0.1) is 6.42 Å². The number of hydrogen-bond donors (Lipinski definition) is 2. The summed E-state index contributed by atoms with van der Waals surface area (Å²) in [5.74, 6) is -0.519. The van der Waals surface area contributed by atoms with Gasteiger partial charge in [-0.1, -0.05) is 48.5 Å². The zero-order valence-corrected chi connectivity index (χ0v) is 17.0. The number of amides is 2. The molecule has 3 atom stereocenters. The van der Waals surface area contributed by atoms with Crippen LogP contribution >= 0.6 is 0 Å². The van der Waals surface area contributed by atoms with Gasteiger partial charge in [0.1, 0.15) is 12.6 Å². The summed E-state index contributed by atoms with van der Waals surface area (Å²) >= 11 is 0. The third-order valence-electron chi connectivity index (χ3n) is 6.60. The van der Waals surface area contributed by atoms with Gasteiger partial charge in [0, 0.05) is 19.0 Å². The summed E-state index contributed by atoms with van der Waals surface area (Å²) in [7, 11) is 0. The van der Waals surface area contributed by atoms with E-state index in [2.05, 4.69) is 17.4 Å². The number of hydrogen-bond acceptors (Lipinski definition) is 4. The van der Waals surface area contributed by atoms with Crippen molar-refractivity contribution in [2.45, 2.75) is 24.8 Å². The number of nitrogens with one attached hydrogen (secondary N) is 1. The predicted molar refractivity (Wildman–Crippen MR) is 112 cm³/mol. The van der Waals surface area contributed by atoms with Crippen molar-refractivity contribution < 1.29 is 24.2 Å². The van der Waals surface area contributed by atoms with Crippen LogP contribution in [0.15, 0.2) is 48.5 Å². The highest BCUT2D eigenvalue weighted by atomic mass is 16.5. The Morgan fingerprint density at radius 2 is 1.58 bits per heavy atom. The lowest BCUT2D eigenvalue weighted by Crippen LogP contribution is -2.49. The predicted octanol–water partition coefficient (Wildman–Crippen LogP) is 2.85. The molecule has 2 aromatic rings. The van der Waals surface area contributed by atoms with E-state index in [0.717, 1.165) is 28.7 Å². The number of likely N-dealkylation sites (tertiary alicyclic amines) is 1. The highest BCUT2D eigenvalue weighted by Gasteiger charge is 2.47. The van der Waals surface area contributed by atoms with Crippen molar-refractivity contribution in [1.29, 1.82) is 0 Å². The van der Waals surface area contributed by atoms with Crippen molar-refractivity contribution >= 4 is 18.0 Å². The zero-order chi connectivity index (χ0) is 21.5. The van der Waals surface area contributed by atoms with Gasteiger partial charge in [0.15, 0.2) is 0 Å². The lowest BCUT2D eigenvalue weighted by Gasteiger charge is -2.24. The van der Waals surface area contributed by atoms with Crippen LogP contribution in [0.2, 0.25) is 0 Å². The van der Waals surface area contributed by atoms with Gasteiger partial charge in [-0.3, -0.25) is 9.59 Å². The van der Waals surface area contributed by atoms with E-state index >= 15 is 0 Å². The molecule has 1 saturated carbocycles. The molecule has 2 aliphatic carbocycles. The Morgan fingerprint density at radius 1 is 1.00 bits per heavy atom. The number of aliphatic carboxylic acids is 1. The smallest absolute Gasteiger partial charge is 0.407 e. The van der Waals surface area contributed by atoms with Gasteiger partial charge in [0.2, 0.25) is 5.91 Å². The maximum Gasteiger partial charge on any atom is 0.407 e. The molecule has 1 heterocycles. The Morgan fingerprint density at radius 3 is 2.16 bits per heavy atom. The molecule has 3 unspecified atom stereocenters. The van der Waals surface area contributed by atoms with Crippen LogP contribution in [-0.2, 0) is 14.3 Å². The lowest BCUT2D eigenvalue weighted by atomic mass is 9.98. The van der Waals surface area contributed by atoms with Crippen molar-refractivity contribution in [3.8, 4) is 11.1 Å². The fourth-order valence-electron chi connectivity index (χ4n) is 4.96. The zero-order valence-electron chi connectivity index (χ0n) is 17.0. The topological polar surface area (TPSA) is 95.9 Å². The molecule has 5 rings (SSSR count). The number of ether oxygens (including phenoxy) is 1. The average Bonchev–Trinajstić information content (AvgIpc) is 3.24. The second-order valence-electron chi connectivity index (χ2n) is 8.62. The molecule has 7 heteroatoms. The molecule has 2 N–H and O–H groups in total. The van der Waals surface area contributed by atoms with Crippen LogP contribution in [-0.4, -0.2) is 53.7 Å². The van der Waals surface area contributed by atoms with E-state index in [4.69, 9.17) is 4.74 Å². The minimum absolute atomic E-state index is 0.0996. The van der Waals surface area contributed by atoms with Crippen molar-refractivity contribution in [3.05, 3.63) is 59.7 Å². The summed E-state index contributed by atoms with van der Waals surface area (Å²) < 4.78 is 5.48. The Bertz CT molecular complexity index is 996. The van der Waals surface area contributed by atoms with Gasteiger partial charge >= 0.3 is 12.1 Å². The molecular formula is C24H24N2O5. The normalized spacial score (nSPS) is 21.6. The summed E-state index contributed by atoms with van der Waals surface area (Å²) in [4.78, 5) is 38.2. The first-order valence-corrected chi connectivity index (χ1v) is 10.6. The average molecular weight is 420 g/mol. The highest BCUT2D eigenvalue weighted by molar-refractivity contribution is 5.89. The lowest BCUT2D eigenvalue weighted by molar-refractivity contribution is -0.142. The van der Waals surface area contributed by atoms with E-state index in [1.165, 1.54) is 0 Å². The largest absolute Gasteiger partial charge is 0.481 e. The van der Waals surface area contributed by atoms with Crippen molar-refractivity contribution in [2.24, 2.45) is 11.8 Å². The Balaban J connectivity index is 1.25. The summed E-state index contributed by atoms with van der Waals surface area (Å²) in [6.45, 7) is 1.40. The number of carboxylic acids is 1. The molecule has 31 heavy (non-hydrogen) atoms. The molecule has 0 spiro atoms. The minimum atomic E-state index is -1.14. The molecule has 0 bridgehead atoms. The van der Waals surface area contributed by atoms with Crippen LogP contribution in [0.25, 0.3) is 11.1 Å². The maximum absolute atomic E-state index is 12.8. The van der Waals surface area contributed by atoms with Gasteiger partial charge in [-0.2, -0.15) is 0 Å². The van der Waals surface area contributed by atoms with Crippen LogP contribution in [0.1, 0.15) is 29.9 Å². The second-order valence-corrected chi connectivity index (χ2v) is 8.62. The Labute approximate surface area is 180 Å². The maximum atomic E-state index is 12.8. The first kappa shape index (κ1) is 19.6. The number of alkyl carbamates (subject to hydrolysis) is 1. The van der Waals surface area contributed by atoms with E-state index in [1.54, 1.807) is 4.90 Å². The number of rotatable bonds is 6. The Hall–Kier alpha value is -3.35. The number of fused-ring (bicyclic) bond motifs is 4. The minimum Gasteiger partial charge on any atom is -0.481 e. The van der Waals surface area contributed by atoms with Crippen LogP contribution in [0.3, 0.4) is 0 Å². The molecule has 3 aliphatic rings. The second kappa shape index (κ2) is 7.72. The van der Waals surface area contributed by atoms with E-state index in [0.29, 0.717) is 24.9 Å². The monoisotopic (exact) mass is 420 g/mol. The molecular weight excluding hydrogens is 396 g/mol. The van der Waals surface area contributed by atoms with Crippen molar-refractivity contribution in [1.82, 2.24) is 10.2 Å². The molecule has 1 saturated heterocycles. The number of nitrogens with zero attached hydrogens (tertiary/aromatic N) is 1. The van der Waals surface area contributed by atoms with Gasteiger partial charge in [0.25, 0.3) is 0 Å². The van der Waals surface area contributed by atoms with Gasteiger partial charge in [-0.05, 0) is 40.5 Å². The van der Waals surface area contributed by atoms with Crippen LogP contribution in [0, 0.1) is 11.8 Å². The fourth-order valence-corrected chi connectivity index (χ4v) is 4.96. The molecule has 0 radical (unpaired) electrons. The number of carbonyl (C=O) groups is 3. The SMILES string of the molecule is O=C(O)CC(NC(=O)OCC1c2ccccc2-c2ccccc21)C(=O)N1CC2CC2C1. The number of piperidine rings is 1. The number of carboxylic acid groups (broad SMARTS) is 1. The number of benzene rings is 2. The summed E-state index contributed by atoms with van der Waals surface area (Å²) in [6.07, 6.45) is -0.104. The molecule has 2 amide bonds. The summed E-state index contributed by atoms with van der Waals surface area (Å²) in [5.41, 5.74) is 4.43. The van der Waals surface area contributed by atoms with Gasteiger partial charge in [-0.25, -0.2) is 4.79 Å². The molecule has 7 nitrogen and oxygen atoms in total. The van der Waals surface area contributed by atoms with Gasteiger partial charge < -0.3 is 20.1 Å². The first-order valence-electron chi connectivity index (χ1n) is 10.6. The molecule has 0 aromatic heterocycles. The molecule has 2 aromatic carbocycles. The third kappa shape index (κ3) is 3.76. The fraction of sp³-hybridized carbons (Fsp3) is 0.375. The summed E-state index contributed by atoms with van der Waals surface area (Å²) in [6, 6.07) is 14.9. The molecule has 2 fully saturated rings. The van der Waals surface area contributed by atoms with Crippen molar-refractivity contribution in [3.63, 3.8) is 0 Å². The van der Waals surface area contributed by atoms with Crippen molar-refractivity contribution in [2.75, 3.05) is 19.7 Å². The van der Waals surface area contributed by atoms with E-state index in [1.807, 2.05) is 36.4 Å². The van der Waals surface area contributed by atoms with Gasteiger partial charge in [-0.15, -0.1) is 0 Å². The number of carbonyl (C=O) groups excluding carboxylic acids is 2. The molecule has 1 aliphatic heterocycles. The third-order valence-corrected chi connectivity index (χ3v) is 6.60. The Kier molecular flexibility index (Phi) is 4.88. The quantitative estimate of drug-likeness (QED) is 0.749. The highest BCUT2D eigenvalue weighted by Crippen LogP contribution is 2.45. The standard InChI is InChI=1S/C24H24N2O5/c27-22(28)10-21(23(29)26-11-14-9-15(14)12-26)25-24(30)31-13-20-18-7-3-1-5-16(18)17-6-2-4-8-19(17)20/h1-8,14-15,20-21H,9-13H2,(H,25,30)(H,27,28). The van der Waals surface area contributed by atoms with E-state index in [-0.39, 0.29) is 18.4 Å². The first-order chi connectivity index (χ1) is 15.0. The van der Waals surface area contributed by atoms with E-state index in [9.17, 15) is 19.5 Å². The van der Waals surface area contributed by atoms with Crippen LogP contribution in [0.4, 0.5) is 4.79 Å². The summed E-state index contributed by atoms with van der Waals surface area (Å²) in [5, 5.41) is 11.7. The van der Waals surface area contributed by atoms with Crippen LogP contribution < -0.4 is 5.32 Å². The van der Waals surface area contributed by atoms with E-state index < -0.39 is 24.5 Å².